The smallest absolute Gasteiger partial charge is 0.0679 e. The molecule has 0 saturated carbocycles. The number of rotatable bonds is 4. The number of hydrogen-bond acceptors (Lipinski definition) is 0. The van der Waals surface area contributed by atoms with Crippen LogP contribution in [0.5, 0.6) is 0 Å². The summed E-state index contributed by atoms with van der Waals surface area (Å²) >= 11 is 0. The van der Waals surface area contributed by atoms with Crippen molar-refractivity contribution in [1.29, 1.82) is 0 Å². The van der Waals surface area contributed by atoms with Gasteiger partial charge in [0.15, 0.2) is 0 Å². The molecule has 0 saturated heterocycles. The topological polar surface area (TPSA) is 0 Å². The van der Waals surface area contributed by atoms with Crippen LogP contribution in [-0.2, 0) is 0 Å². The van der Waals surface area contributed by atoms with E-state index in [2.05, 4.69) is 185 Å². The lowest BCUT2D eigenvalue weighted by Gasteiger charge is -2.40. The molecule has 2 atom stereocenters. The van der Waals surface area contributed by atoms with Crippen LogP contribution in [0.2, 0.25) is 13.1 Å². The fourth-order valence-corrected chi connectivity index (χ4v) is 14.5. The summed E-state index contributed by atoms with van der Waals surface area (Å²) in [6, 6.07) is 55.3. The van der Waals surface area contributed by atoms with Crippen LogP contribution < -0.4 is 0 Å². The van der Waals surface area contributed by atoms with Crippen LogP contribution in [-0.4, -0.2) is 8.07 Å². The van der Waals surface area contributed by atoms with Crippen LogP contribution in [0, 0.1) is 13.8 Å². The number of hydrogen-bond donors (Lipinski definition) is 0. The number of benzene rings is 8. The molecule has 0 radical (unpaired) electrons. The molecule has 0 aliphatic heterocycles. The maximum Gasteiger partial charge on any atom is 0.0731 e. The van der Waals surface area contributed by atoms with Crippen LogP contribution in [0.3, 0.4) is 0 Å². The van der Waals surface area contributed by atoms with E-state index in [1.54, 1.807) is 0 Å². The van der Waals surface area contributed by atoms with Crippen LogP contribution in [0.15, 0.2) is 146 Å². The number of allylic oxidation sites excluding steroid dienone is 2. The minimum atomic E-state index is -2.31. The van der Waals surface area contributed by atoms with Crippen molar-refractivity contribution in [2.24, 2.45) is 0 Å². The molecule has 0 nitrogen and oxygen atoms in total. The SMILES string of the molecule is Cc1cc(C2=Cc3ccccc3C2[Si](C)(C)C2C(c3cc(C)cc4ccc5ccccc5c34)=Cc3ccccc32)c2c(ccc3ccccc32)c1. The predicted molar refractivity (Wildman–Crippen MR) is 224 cm³/mol. The van der Waals surface area contributed by atoms with Gasteiger partial charge in [-0.25, -0.2) is 0 Å². The quantitative estimate of drug-likeness (QED) is 0.129. The van der Waals surface area contributed by atoms with Crippen molar-refractivity contribution >= 4 is 74.5 Å². The van der Waals surface area contributed by atoms with Gasteiger partial charge in [0, 0.05) is 11.1 Å². The molecule has 8 aromatic carbocycles. The van der Waals surface area contributed by atoms with E-state index in [-0.39, 0.29) is 0 Å². The average Bonchev–Trinajstić information content (AvgIpc) is 3.74. The Bertz CT molecular complexity index is 2620. The molecular formula is C50H40Si. The molecule has 2 aliphatic rings. The highest BCUT2D eigenvalue weighted by Crippen LogP contribution is 2.58. The zero-order chi connectivity index (χ0) is 34.4. The zero-order valence-electron chi connectivity index (χ0n) is 29.7. The molecular weight excluding hydrogens is 629 g/mol. The lowest BCUT2D eigenvalue weighted by molar-refractivity contribution is 1.07. The van der Waals surface area contributed by atoms with Crippen LogP contribution in [0.1, 0.15) is 55.6 Å². The number of aryl methyl sites for hydroxylation is 2. The van der Waals surface area contributed by atoms with Gasteiger partial charge in [0.2, 0.25) is 0 Å². The van der Waals surface area contributed by atoms with Crippen molar-refractivity contribution in [3.05, 3.63) is 190 Å². The second-order valence-electron chi connectivity index (χ2n) is 15.5. The van der Waals surface area contributed by atoms with Gasteiger partial charge in [-0.2, -0.15) is 0 Å². The second kappa shape index (κ2) is 11.3. The maximum absolute atomic E-state index is 2.68. The zero-order valence-corrected chi connectivity index (χ0v) is 30.7. The minimum Gasteiger partial charge on any atom is -0.0679 e. The van der Waals surface area contributed by atoms with Crippen molar-refractivity contribution in [3.8, 4) is 0 Å². The van der Waals surface area contributed by atoms with E-state index in [0.717, 1.165) is 0 Å². The lowest BCUT2D eigenvalue weighted by atomic mass is 9.90. The monoisotopic (exact) mass is 668 g/mol. The third kappa shape index (κ3) is 4.58. The van der Waals surface area contributed by atoms with Gasteiger partial charge in [-0.05, 0) is 113 Å². The van der Waals surface area contributed by atoms with E-state index in [0.29, 0.717) is 11.1 Å². The van der Waals surface area contributed by atoms with Crippen molar-refractivity contribution in [1.82, 2.24) is 0 Å². The molecule has 8 aromatic rings. The fourth-order valence-electron chi connectivity index (χ4n) is 9.93. The minimum absolute atomic E-state index is 0.310. The molecule has 0 fully saturated rings. The summed E-state index contributed by atoms with van der Waals surface area (Å²) in [5, 5.41) is 10.7. The van der Waals surface area contributed by atoms with Gasteiger partial charge in [0.1, 0.15) is 0 Å². The first-order valence-electron chi connectivity index (χ1n) is 18.3. The van der Waals surface area contributed by atoms with Crippen LogP contribution in [0.25, 0.3) is 66.4 Å². The fraction of sp³-hybridized carbons (Fsp3) is 0.120. The van der Waals surface area contributed by atoms with E-state index in [9.17, 15) is 0 Å². The molecule has 0 amide bonds. The van der Waals surface area contributed by atoms with E-state index < -0.39 is 8.07 Å². The van der Waals surface area contributed by atoms with Gasteiger partial charge in [-0.3, -0.25) is 0 Å². The van der Waals surface area contributed by atoms with Crippen molar-refractivity contribution in [3.63, 3.8) is 0 Å². The van der Waals surface area contributed by atoms with E-state index in [4.69, 9.17) is 0 Å². The van der Waals surface area contributed by atoms with Crippen molar-refractivity contribution in [2.45, 2.75) is 38.0 Å². The van der Waals surface area contributed by atoms with E-state index in [1.807, 2.05) is 0 Å². The highest BCUT2D eigenvalue weighted by atomic mass is 28.3. The Kier molecular flexibility index (Phi) is 6.69. The van der Waals surface area contributed by atoms with Gasteiger partial charge in [-0.15, -0.1) is 0 Å². The van der Waals surface area contributed by atoms with Gasteiger partial charge >= 0.3 is 0 Å². The van der Waals surface area contributed by atoms with Gasteiger partial charge in [0.05, 0.1) is 8.07 Å². The van der Waals surface area contributed by atoms with Gasteiger partial charge in [-0.1, -0.05) is 171 Å². The van der Waals surface area contributed by atoms with Crippen molar-refractivity contribution in [2.75, 3.05) is 0 Å². The molecule has 0 spiro atoms. The molecule has 0 aromatic heterocycles. The third-order valence-electron chi connectivity index (χ3n) is 11.9. The summed E-state index contributed by atoms with van der Waals surface area (Å²) in [6.07, 6.45) is 5.09. The first kappa shape index (κ1) is 30.3. The molecule has 2 aliphatic carbocycles. The summed E-state index contributed by atoms with van der Waals surface area (Å²) in [5.74, 6) is 0. The Balaban J connectivity index is 1.24. The normalized spacial score (nSPS) is 16.9. The summed E-state index contributed by atoms with van der Waals surface area (Å²) in [5.41, 5.74) is 14.7. The van der Waals surface area contributed by atoms with Crippen LogP contribution >= 0.6 is 0 Å². The highest BCUT2D eigenvalue weighted by Gasteiger charge is 2.49. The van der Waals surface area contributed by atoms with E-state index in [1.165, 1.54) is 98.7 Å². The van der Waals surface area contributed by atoms with Crippen molar-refractivity contribution < 1.29 is 0 Å². The summed E-state index contributed by atoms with van der Waals surface area (Å²) < 4.78 is 0. The standard InChI is InChI=1S/C50H40Si/c1-31-25-37-23-21-33-13-5-9-17-39(33)47(37)43(27-31)45-29-35-15-7-11-19-41(35)49(45)51(3,4)50-42-20-12-8-16-36(42)30-46(50)44-28-32(2)26-38-24-22-34-14-6-10-18-40(34)48(38)44/h5-30,49-50H,1-4H3. The highest BCUT2D eigenvalue weighted by molar-refractivity contribution is 6.84. The second-order valence-corrected chi connectivity index (χ2v) is 20.3. The summed E-state index contributed by atoms with van der Waals surface area (Å²) in [6.45, 7) is 9.89. The Hall–Kier alpha value is -5.50. The Morgan fingerprint density at radius 2 is 0.804 bits per heavy atom. The molecule has 10 rings (SSSR count). The Labute approximate surface area is 301 Å². The summed E-state index contributed by atoms with van der Waals surface area (Å²) in [7, 11) is -2.31. The first-order valence-corrected chi connectivity index (χ1v) is 21.5. The summed E-state index contributed by atoms with van der Waals surface area (Å²) in [4.78, 5) is 0. The maximum atomic E-state index is 2.68. The van der Waals surface area contributed by atoms with E-state index >= 15 is 0 Å². The Morgan fingerprint density at radius 1 is 0.412 bits per heavy atom. The Morgan fingerprint density at radius 3 is 1.27 bits per heavy atom. The molecule has 0 N–H and O–H groups in total. The third-order valence-corrected chi connectivity index (χ3v) is 16.2. The molecule has 0 bridgehead atoms. The molecule has 1 heteroatoms. The molecule has 244 valence electrons. The lowest BCUT2D eigenvalue weighted by Crippen LogP contribution is -2.42. The molecule has 2 unspecified atom stereocenters. The molecule has 0 heterocycles. The number of fused-ring (bicyclic) bond motifs is 8. The first-order chi connectivity index (χ1) is 24.9. The van der Waals surface area contributed by atoms with Crippen LogP contribution in [0.4, 0.5) is 0 Å². The van der Waals surface area contributed by atoms with Gasteiger partial charge < -0.3 is 0 Å². The average molecular weight is 669 g/mol. The predicted octanol–water partition coefficient (Wildman–Crippen LogP) is 13.7. The van der Waals surface area contributed by atoms with Gasteiger partial charge in [0.25, 0.3) is 0 Å². The molecule has 51 heavy (non-hydrogen) atoms. The largest absolute Gasteiger partial charge is 0.0731 e.